The van der Waals surface area contributed by atoms with E-state index in [1.807, 2.05) is 0 Å². The molecule has 1 aromatic carbocycles. The summed E-state index contributed by atoms with van der Waals surface area (Å²) in [7, 11) is 4.30. The lowest BCUT2D eigenvalue weighted by molar-refractivity contribution is 0.175. The van der Waals surface area contributed by atoms with Gasteiger partial charge in [-0.3, -0.25) is 0 Å². The van der Waals surface area contributed by atoms with Crippen molar-refractivity contribution in [3.8, 4) is 0 Å². The van der Waals surface area contributed by atoms with Crippen LogP contribution in [0, 0.1) is 11.8 Å². The molecule has 108 valence electrons. The van der Waals surface area contributed by atoms with E-state index in [1.165, 1.54) is 17.5 Å². The summed E-state index contributed by atoms with van der Waals surface area (Å²) in [4.78, 5) is 2.30. The second kappa shape index (κ2) is 7.66. The summed E-state index contributed by atoms with van der Waals surface area (Å²) < 4.78 is 0. The van der Waals surface area contributed by atoms with Gasteiger partial charge in [-0.05, 0) is 50.0 Å². The number of aryl methyl sites for hydroxylation is 1. The SMILES string of the molecule is CCCc1ccc(C(C(CN)C(C)C)N(C)C)cc1. The van der Waals surface area contributed by atoms with Crippen molar-refractivity contribution in [2.24, 2.45) is 17.6 Å². The highest BCUT2D eigenvalue weighted by molar-refractivity contribution is 5.26. The van der Waals surface area contributed by atoms with Gasteiger partial charge in [0.1, 0.15) is 0 Å². The van der Waals surface area contributed by atoms with E-state index in [0.717, 1.165) is 13.0 Å². The van der Waals surface area contributed by atoms with E-state index in [9.17, 15) is 0 Å². The summed E-state index contributed by atoms with van der Waals surface area (Å²) in [5.41, 5.74) is 8.81. The van der Waals surface area contributed by atoms with Gasteiger partial charge in [0, 0.05) is 6.04 Å². The maximum Gasteiger partial charge on any atom is 0.0384 e. The van der Waals surface area contributed by atoms with Crippen LogP contribution in [0.4, 0.5) is 0 Å². The van der Waals surface area contributed by atoms with Gasteiger partial charge < -0.3 is 10.6 Å². The van der Waals surface area contributed by atoms with Crippen molar-refractivity contribution >= 4 is 0 Å². The predicted octanol–water partition coefficient (Wildman–Crippen LogP) is 3.47. The molecule has 0 saturated heterocycles. The lowest BCUT2D eigenvalue weighted by atomic mass is 9.83. The summed E-state index contributed by atoms with van der Waals surface area (Å²) >= 11 is 0. The average Bonchev–Trinajstić information content (AvgIpc) is 2.36. The fraction of sp³-hybridized carbons (Fsp3) is 0.647. The number of benzene rings is 1. The van der Waals surface area contributed by atoms with Crippen LogP contribution >= 0.6 is 0 Å². The Morgan fingerprint density at radius 2 is 1.68 bits per heavy atom. The summed E-state index contributed by atoms with van der Waals surface area (Å²) in [6.07, 6.45) is 2.37. The van der Waals surface area contributed by atoms with Crippen LogP contribution in [0.5, 0.6) is 0 Å². The van der Waals surface area contributed by atoms with Gasteiger partial charge in [-0.2, -0.15) is 0 Å². The summed E-state index contributed by atoms with van der Waals surface area (Å²) in [6, 6.07) is 9.49. The molecule has 1 rings (SSSR count). The Hall–Kier alpha value is -0.860. The molecule has 0 heterocycles. The fourth-order valence-corrected chi connectivity index (χ4v) is 2.86. The first-order valence-electron chi connectivity index (χ1n) is 7.46. The predicted molar refractivity (Wildman–Crippen MR) is 84.2 cm³/mol. The van der Waals surface area contributed by atoms with Gasteiger partial charge in [-0.1, -0.05) is 51.5 Å². The standard InChI is InChI=1S/C17H30N2/c1-6-7-14-8-10-15(11-9-14)17(19(4)5)16(12-18)13(2)3/h8-11,13,16-17H,6-7,12,18H2,1-5H3. The monoisotopic (exact) mass is 262 g/mol. The highest BCUT2D eigenvalue weighted by Gasteiger charge is 2.26. The molecule has 0 spiro atoms. The molecular formula is C17H30N2. The van der Waals surface area contributed by atoms with Crippen LogP contribution in [0.15, 0.2) is 24.3 Å². The second-order valence-electron chi connectivity index (χ2n) is 6.04. The molecule has 1 aromatic rings. The molecule has 0 aliphatic carbocycles. The summed E-state index contributed by atoms with van der Waals surface area (Å²) in [5, 5.41) is 0. The first-order valence-corrected chi connectivity index (χ1v) is 7.46. The molecule has 2 unspecified atom stereocenters. The number of hydrogen-bond acceptors (Lipinski definition) is 2. The summed E-state index contributed by atoms with van der Waals surface area (Å²) in [6.45, 7) is 7.48. The molecule has 0 fully saturated rings. The van der Waals surface area contributed by atoms with Crippen LogP contribution in [-0.2, 0) is 6.42 Å². The zero-order valence-corrected chi connectivity index (χ0v) is 13.2. The first-order chi connectivity index (χ1) is 9.01. The Bertz CT molecular complexity index is 354. The Morgan fingerprint density at radius 3 is 2.05 bits per heavy atom. The zero-order chi connectivity index (χ0) is 14.4. The van der Waals surface area contributed by atoms with Crippen molar-refractivity contribution in [1.29, 1.82) is 0 Å². The molecule has 0 saturated carbocycles. The molecule has 0 radical (unpaired) electrons. The zero-order valence-electron chi connectivity index (χ0n) is 13.2. The van der Waals surface area contributed by atoms with E-state index in [1.54, 1.807) is 0 Å². The van der Waals surface area contributed by atoms with Crippen LogP contribution in [0.1, 0.15) is 44.4 Å². The van der Waals surface area contributed by atoms with E-state index < -0.39 is 0 Å². The molecule has 0 aromatic heterocycles. The first kappa shape index (κ1) is 16.2. The summed E-state index contributed by atoms with van der Waals surface area (Å²) in [5.74, 6) is 1.08. The van der Waals surface area contributed by atoms with Gasteiger partial charge in [0.25, 0.3) is 0 Å². The van der Waals surface area contributed by atoms with Crippen LogP contribution in [-0.4, -0.2) is 25.5 Å². The Morgan fingerprint density at radius 1 is 1.11 bits per heavy atom. The van der Waals surface area contributed by atoms with Crippen molar-refractivity contribution in [1.82, 2.24) is 4.90 Å². The van der Waals surface area contributed by atoms with Crippen molar-refractivity contribution in [3.05, 3.63) is 35.4 Å². The normalized spacial score (nSPS) is 14.9. The molecule has 2 heteroatoms. The van der Waals surface area contributed by atoms with Crippen molar-refractivity contribution < 1.29 is 0 Å². The third-order valence-corrected chi connectivity index (χ3v) is 3.95. The maximum absolute atomic E-state index is 6.00. The van der Waals surface area contributed by atoms with Gasteiger partial charge in [0.15, 0.2) is 0 Å². The third-order valence-electron chi connectivity index (χ3n) is 3.95. The van der Waals surface area contributed by atoms with Crippen molar-refractivity contribution in [2.75, 3.05) is 20.6 Å². The van der Waals surface area contributed by atoms with Crippen molar-refractivity contribution in [2.45, 2.75) is 39.7 Å². The minimum atomic E-state index is 0.403. The lowest BCUT2D eigenvalue weighted by Crippen LogP contribution is -2.35. The number of hydrogen-bond donors (Lipinski definition) is 1. The topological polar surface area (TPSA) is 29.3 Å². The molecule has 0 amide bonds. The highest BCUT2D eigenvalue weighted by atomic mass is 15.1. The fourth-order valence-electron chi connectivity index (χ4n) is 2.86. The molecule has 19 heavy (non-hydrogen) atoms. The number of nitrogens with zero attached hydrogens (tertiary/aromatic N) is 1. The average molecular weight is 262 g/mol. The molecule has 2 nitrogen and oxygen atoms in total. The van der Waals surface area contributed by atoms with Crippen LogP contribution in [0.25, 0.3) is 0 Å². The minimum absolute atomic E-state index is 0.403. The molecule has 0 aliphatic heterocycles. The Balaban J connectivity index is 2.98. The van der Waals surface area contributed by atoms with E-state index in [-0.39, 0.29) is 0 Å². The minimum Gasteiger partial charge on any atom is -0.330 e. The van der Waals surface area contributed by atoms with Crippen LogP contribution in [0.2, 0.25) is 0 Å². The van der Waals surface area contributed by atoms with E-state index in [4.69, 9.17) is 5.73 Å². The van der Waals surface area contributed by atoms with Gasteiger partial charge in [-0.25, -0.2) is 0 Å². The Labute approximate surface area is 119 Å². The van der Waals surface area contributed by atoms with E-state index in [0.29, 0.717) is 17.9 Å². The van der Waals surface area contributed by atoms with E-state index >= 15 is 0 Å². The lowest BCUT2D eigenvalue weighted by Gasteiger charge is -2.34. The van der Waals surface area contributed by atoms with Gasteiger partial charge >= 0.3 is 0 Å². The van der Waals surface area contributed by atoms with E-state index in [2.05, 4.69) is 64.0 Å². The molecule has 0 aliphatic rings. The third kappa shape index (κ3) is 4.32. The molecule has 0 bridgehead atoms. The second-order valence-corrected chi connectivity index (χ2v) is 6.04. The number of rotatable bonds is 7. The quantitative estimate of drug-likeness (QED) is 0.815. The molecular weight excluding hydrogens is 232 g/mol. The van der Waals surface area contributed by atoms with Gasteiger partial charge in [-0.15, -0.1) is 0 Å². The van der Waals surface area contributed by atoms with Gasteiger partial charge in [0.05, 0.1) is 0 Å². The van der Waals surface area contributed by atoms with Crippen molar-refractivity contribution in [3.63, 3.8) is 0 Å². The highest BCUT2D eigenvalue weighted by Crippen LogP contribution is 2.31. The van der Waals surface area contributed by atoms with Gasteiger partial charge in [0.2, 0.25) is 0 Å². The molecule has 2 atom stereocenters. The Kier molecular flexibility index (Phi) is 6.53. The molecule has 2 N–H and O–H groups in total. The largest absolute Gasteiger partial charge is 0.330 e. The smallest absolute Gasteiger partial charge is 0.0384 e. The maximum atomic E-state index is 6.00. The number of nitrogens with two attached hydrogens (primary N) is 1. The van der Waals surface area contributed by atoms with Crippen LogP contribution < -0.4 is 5.73 Å². The van der Waals surface area contributed by atoms with Crippen LogP contribution in [0.3, 0.4) is 0 Å².